The SMILES string of the molecule is c1ccc(-c2ccc(-c3cccc(-c4c5ccccc5c(-c5ccc(-c6ccccc6)c6ccccc56)c5ccccc45)c3)s2)cc1. The minimum Gasteiger partial charge on any atom is -0.135 e. The van der Waals surface area contributed by atoms with Crippen LogP contribution in [-0.2, 0) is 0 Å². The van der Waals surface area contributed by atoms with Gasteiger partial charge in [0.25, 0.3) is 0 Å². The van der Waals surface area contributed by atoms with Crippen LogP contribution in [0.5, 0.6) is 0 Å². The number of hydrogen-bond acceptors (Lipinski definition) is 1. The fourth-order valence-corrected chi connectivity index (χ4v) is 8.20. The first-order valence-corrected chi connectivity index (χ1v) is 16.9. The van der Waals surface area contributed by atoms with E-state index in [2.05, 4.69) is 182 Å². The normalized spacial score (nSPS) is 11.4. The zero-order chi connectivity index (χ0) is 31.2. The van der Waals surface area contributed by atoms with Gasteiger partial charge in [-0.1, -0.05) is 164 Å². The molecule has 0 aliphatic heterocycles. The molecule has 0 aliphatic rings. The maximum Gasteiger partial charge on any atom is 0.0349 e. The summed E-state index contributed by atoms with van der Waals surface area (Å²) in [5, 5.41) is 7.62. The van der Waals surface area contributed by atoms with Gasteiger partial charge < -0.3 is 0 Å². The number of fused-ring (bicyclic) bond motifs is 3. The van der Waals surface area contributed by atoms with Gasteiger partial charge in [-0.2, -0.15) is 0 Å². The Labute approximate surface area is 278 Å². The Morgan fingerprint density at radius 1 is 0.255 bits per heavy atom. The fourth-order valence-electron chi connectivity index (χ4n) is 7.19. The lowest BCUT2D eigenvalue weighted by Gasteiger charge is -2.20. The van der Waals surface area contributed by atoms with Gasteiger partial charge in [0.15, 0.2) is 0 Å². The molecule has 8 aromatic carbocycles. The van der Waals surface area contributed by atoms with Crippen LogP contribution < -0.4 is 0 Å². The first-order valence-electron chi connectivity index (χ1n) is 16.1. The van der Waals surface area contributed by atoms with Gasteiger partial charge in [-0.25, -0.2) is 0 Å². The third-order valence-corrected chi connectivity index (χ3v) is 10.5. The largest absolute Gasteiger partial charge is 0.135 e. The van der Waals surface area contributed by atoms with Gasteiger partial charge in [-0.15, -0.1) is 11.3 Å². The van der Waals surface area contributed by atoms with Crippen molar-refractivity contribution in [2.45, 2.75) is 0 Å². The lowest BCUT2D eigenvalue weighted by Crippen LogP contribution is -1.92. The molecular weight excluding hydrogens is 585 g/mol. The van der Waals surface area contributed by atoms with Gasteiger partial charge in [0.05, 0.1) is 0 Å². The van der Waals surface area contributed by atoms with Gasteiger partial charge in [0.2, 0.25) is 0 Å². The molecule has 0 atom stereocenters. The summed E-state index contributed by atoms with van der Waals surface area (Å²) in [4.78, 5) is 2.57. The number of benzene rings is 8. The van der Waals surface area contributed by atoms with Crippen LogP contribution in [0.1, 0.15) is 0 Å². The van der Waals surface area contributed by atoms with Crippen molar-refractivity contribution in [2.75, 3.05) is 0 Å². The van der Waals surface area contributed by atoms with E-state index in [-0.39, 0.29) is 0 Å². The molecule has 47 heavy (non-hydrogen) atoms. The minimum atomic E-state index is 1.24. The van der Waals surface area contributed by atoms with Gasteiger partial charge in [0.1, 0.15) is 0 Å². The van der Waals surface area contributed by atoms with E-state index in [1.807, 2.05) is 11.3 Å². The first kappa shape index (κ1) is 27.5. The second kappa shape index (κ2) is 11.6. The second-order valence-electron chi connectivity index (χ2n) is 12.0. The maximum atomic E-state index is 2.37. The molecule has 0 saturated heterocycles. The molecular formula is C46H30S. The molecule has 0 N–H and O–H groups in total. The molecule has 1 aromatic heterocycles. The van der Waals surface area contributed by atoms with Gasteiger partial charge in [-0.05, 0) is 95.0 Å². The summed E-state index contributed by atoms with van der Waals surface area (Å²) < 4.78 is 0. The van der Waals surface area contributed by atoms with E-state index < -0.39 is 0 Å². The highest BCUT2D eigenvalue weighted by molar-refractivity contribution is 7.18. The van der Waals surface area contributed by atoms with Crippen molar-refractivity contribution in [3.05, 3.63) is 182 Å². The smallest absolute Gasteiger partial charge is 0.0349 e. The van der Waals surface area contributed by atoms with Crippen LogP contribution in [0.4, 0.5) is 0 Å². The lowest BCUT2D eigenvalue weighted by atomic mass is 9.83. The highest BCUT2D eigenvalue weighted by atomic mass is 32.1. The van der Waals surface area contributed by atoms with Gasteiger partial charge in [0, 0.05) is 9.75 Å². The minimum absolute atomic E-state index is 1.24. The summed E-state index contributed by atoms with van der Waals surface area (Å²) in [6, 6.07) is 66.4. The molecule has 9 aromatic rings. The van der Waals surface area contributed by atoms with E-state index in [0.717, 1.165) is 0 Å². The third-order valence-electron chi connectivity index (χ3n) is 9.31. The Balaban J connectivity index is 1.27. The van der Waals surface area contributed by atoms with Crippen molar-refractivity contribution in [3.63, 3.8) is 0 Å². The van der Waals surface area contributed by atoms with Crippen LogP contribution in [-0.4, -0.2) is 0 Å². The molecule has 0 fully saturated rings. The maximum absolute atomic E-state index is 2.37. The predicted molar refractivity (Wildman–Crippen MR) is 204 cm³/mol. The highest BCUT2D eigenvalue weighted by Gasteiger charge is 2.19. The van der Waals surface area contributed by atoms with E-state index in [1.165, 1.54) is 86.6 Å². The van der Waals surface area contributed by atoms with Crippen molar-refractivity contribution in [1.82, 2.24) is 0 Å². The summed E-state index contributed by atoms with van der Waals surface area (Å²) in [6.45, 7) is 0. The highest BCUT2D eigenvalue weighted by Crippen LogP contribution is 2.47. The standard InChI is InChI=1S/C46H30S/c1-3-14-31(15-4-1)35-26-27-42(37-21-8-7-20-36(35)37)46-40-24-11-9-22-38(40)45(39-23-10-12-25-41(39)46)34-19-13-18-33(30-34)44-29-28-43(47-44)32-16-5-2-6-17-32/h1-30H. The quantitative estimate of drug-likeness (QED) is 0.169. The fraction of sp³-hybridized carbons (Fsp3) is 0. The summed E-state index contributed by atoms with van der Waals surface area (Å²) >= 11 is 1.85. The topological polar surface area (TPSA) is 0 Å². The molecule has 0 amide bonds. The van der Waals surface area contributed by atoms with Crippen LogP contribution in [0.25, 0.3) is 86.6 Å². The van der Waals surface area contributed by atoms with Crippen LogP contribution in [0.2, 0.25) is 0 Å². The van der Waals surface area contributed by atoms with Crippen LogP contribution in [0.3, 0.4) is 0 Å². The third kappa shape index (κ3) is 4.76. The summed E-state index contributed by atoms with van der Waals surface area (Å²) in [5.41, 5.74) is 10.1. The lowest BCUT2D eigenvalue weighted by molar-refractivity contribution is 1.64. The molecule has 1 heteroatoms. The van der Waals surface area contributed by atoms with E-state index in [1.54, 1.807) is 0 Å². The predicted octanol–water partition coefficient (Wildman–Crippen LogP) is 13.5. The van der Waals surface area contributed by atoms with Crippen molar-refractivity contribution in [1.29, 1.82) is 0 Å². The first-order chi connectivity index (χ1) is 23.3. The van der Waals surface area contributed by atoms with Gasteiger partial charge >= 0.3 is 0 Å². The van der Waals surface area contributed by atoms with E-state index >= 15 is 0 Å². The zero-order valence-corrected chi connectivity index (χ0v) is 26.5. The Kier molecular flexibility index (Phi) is 6.77. The Morgan fingerprint density at radius 2 is 0.681 bits per heavy atom. The van der Waals surface area contributed by atoms with Crippen molar-refractivity contribution in [3.8, 4) is 54.3 Å². The molecule has 0 nitrogen and oxygen atoms in total. The van der Waals surface area contributed by atoms with Gasteiger partial charge in [-0.3, -0.25) is 0 Å². The van der Waals surface area contributed by atoms with E-state index in [9.17, 15) is 0 Å². The van der Waals surface area contributed by atoms with Crippen molar-refractivity contribution >= 4 is 43.7 Å². The average molecular weight is 615 g/mol. The average Bonchev–Trinajstić information content (AvgIpc) is 3.65. The van der Waals surface area contributed by atoms with Crippen LogP contribution in [0.15, 0.2) is 182 Å². The molecule has 220 valence electrons. The van der Waals surface area contributed by atoms with E-state index in [0.29, 0.717) is 0 Å². The molecule has 0 saturated carbocycles. The molecule has 0 unspecified atom stereocenters. The summed E-state index contributed by atoms with van der Waals surface area (Å²) in [7, 11) is 0. The second-order valence-corrected chi connectivity index (χ2v) is 13.1. The molecule has 0 bridgehead atoms. The van der Waals surface area contributed by atoms with Crippen LogP contribution in [0, 0.1) is 0 Å². The van der Waals surface area contributed by atoms with Crippen molar-refractivity contribution in [2.24, 2.45) is 0 Å². The Morgan fingerprint density at radius 3 is 1.30 bits per heavy atom. The zero-order valence-electron chi connectivity index (χ0n) is 25.7. The van der Waals surface area contributed by atoms with Crippen LogP contribution >= 0.6 is 11.3 Å². The summed E-state index contributed by atoms with van der Waals surface area (Å²) in [6.07, 6.45) is 0. The molecule has 9 rings (SSSR count). The molecule has 0 aliphatic carbocycles. The Bertz CT molecular complexity index is 2500. The summed E-state index contributed by atoms with van der Waals surface area (Å²) in [5.74, 6) is 0. The number of rotatable bonds is 5. The number of thiophene rings is 1. The molecule has 0 radical (unpaired) electrons. The Hall–Kier alpha value is -5.76. The molecule has 1 heterocycles. The number of hydrogen-bond donors (Lipinski definition) is 0. The monoisotopic (exact) mass is 614 g/mol. The van der Waals surface area contributed by atoms with Crippen molar-refractivity contribution < 1.29 is 0 Å². The molecule has 0 spiro atoms. The van der Waals surface area contributed by atoms with E-state index in [4.69, 9.17) is 0 Å².